The van der Waals surface area contributed by atoms with Gasteiger partial charge in [0.05, 0.1) is 18.4 Å². The van der Waals surface area contributed by atoms with Crippen molar-refractivity contribution in [2.75, 3.05) is 12.4 Å². The number of rotatable bonds is 4. The van der Waals surface area contributed by atoms with E-state index in [2.05, 4.69) is 31.8 Å². The quantitative estimate of drug-likeness (QED) is 0.314. The highest BCUT2D eigenvalue weighted by Crippen LogP contribution is 2.39. The molecule has 1 aliphatic rings. The average Bonchev–Trinajstić information content (AvgIpc) is 3.26. The number of halogens is 1. The van der Waals surface area contributed by atoms with E-state index < -0.39 is 17.8 Å². The molecule has 0 atom stereocenters. The van der Waals surface area contributed by atoms with E-state index >= 15 is 0 Å². The summed E-state index contributed by atoms with van der Waals surface area (Å²) in [4.78, 5) is 37.5. The molecule has 0 fully saturated rings. The first-order chi connectivity index (χ1) is 13.4. The van der Waals surface area contributed by atoms with Crippen molar-refractivity contribution in [2.45, 2.75) is 26.2 Å². The van der Waals surface area contributed by atoms with Gasteiger partial charge in [0.25, 0.3) is 0 Å². The Hall–Kier alpha value is -2.52. The number of esters is 1. The highest BCUT2D eigenvalue weighted by Gasteiger charge is 2.29. The fourth-order valence-corrected chi connectivity index (χ4v) is 4.45. The molecule has 7 nitrogen and oxygen atoms in total. The number of nitrogens with one attached hydrogen (secondary N) is 2. The number of aryl methyl sites for hydroxylation is 1. The van der Waals surface area contributed by atoms with E-state index in [-0.39, 0.29) is 0 Å². The predicted octanol–water partition coefficient (Wildman–Crippen LogP) is 3.26. The maximum Gasteiger partial charge on any atom is 0.341 e. The van der Waals surface area contributed by atoms with E-state index in [1.807, 2.05) is 24.3 Å². The molecule has 0 spiro atoms. The minimum atomic E-state index is -0.916. The number of ether oxygens (including phenoxy) is 1. The lowest BCUT2D eigenvalue weighted by Gasteiger charge is -2.06. The molecule has 0 radical (unpaired) electrons. The standard InChI is InChI=1S/C19H18BrN3O4S/c1-10(11-6-8-12(20)9-7-11)22-23-17(25)16(24)21-18-15(19(26)27-2)13-4-3-5-14(13)28-18/h6-9H,3-5H2,1-2H3,(H,21,24)(H,23,25). The molecule has 3 rings (SSSR count). The number of thiophene rings is 1. The second-order valence-corrected chi connectivity index (χ2v) is 8.17. The van der Waals surface area contributed by atoms with E-state index in [1.54, 1.807) is 6.92 Å². The lowest BCUT2D eigenvalue weighted by molar-refractivity contribution is -0.136. The van der Waals surface area contributed by atoms with Gasteiger partial charge in [0.15, 0.2) is 0 Å². The first-order valence-corrected chi connectivity index (χ1v) is 10.2. The third-order valence-corrected chi connectivity index (χ3v) is 6.07. The number of anilines is 1. The Kier molecular flexibility index (Phi) is 6.25. The number of nitrogens with zero attached hydrogens (tertiary/aromatic N) is 1. The third-order valence-electron chi connectivity index (χ3n) is 4.33. The monoisotopic (exact) mass is 463 g/mol. The molecular formula is C19H18BrN3O4S. The van der Waals surface area contributed by atoms with Crippen LogP contribution in [0.25, 0.3) is 0 Å². The van der Waals surface area contributed by atoms with Crippen molar-refractivity contribution in [3.05, 3.63) is 50.3 Å². The van der Waals surface area contributed by atoms with Gasteiger partial charge in [-0.15, -0.1) is 11.3 Å². The summed E-state index contributed by atoms with van der Waals surface area (Å²) in [5, 5.41) is 6.82. The van der Waals surface area contributed by atoms with Crippen LogP contribution in [0.2, 0.25) is 0 Å². The van der Waals surface area contributed by atoms with Crippen LogP contribution in [0, 0.1) is 0 Å². The Bertz CT molecular complexity index is 966. The molecule has 1 aromatic carbocycles. The number of methoxy groups -OCH3 is 1. The zero-order valence-corrected chi connectivity index (χ0v) is 17.7. The first-order valence-electron chi connectivity index (χ1n) is 8.55. The molecule has 1 heterocycles. The van der Waals surface area contributed by atoms with Crippen molar-refractivity contribution in [1.82, 2.24) is 5.43 Å². The van der Waals surface area contributed by atoms with Crippen molar-refractivity contribution in [3.8, 4) is 0 Å². The second-order valence-electron chi connectivity index (χ2n) is 6.15. The fraction of sp³-hybridized carbons (Fsp3) is 0.263. The van der Waals surface area contributed by atoms with Crippen LogP contribution < -0.4 is 10.7 Å². The first kappa shape index (κ1) is 20.2. The smallest absolute Gasteiger partial charge is 0.341 e. The lowest BCUT2D eigenvalue weighted by atomic mass is 10.1. The lowest BCUT2D eigenvalue weighted by Crippen LogP contribution is -2.33. The maximum absolute atomic E-state index is 12.3. The molecule has 2 amide bonds. The Morgan fingerprint density at radius 1 is 1.14 bits per heavy atom. The average molecular weight is 464 g/mol. The summed E-state index contributed by atoms with van der Waals surface area (Å²) >= 11 is 4.66. The molecule has 1 aliphatic carbocycles. The summed E-state index contributed by atoms with van der Waals surface area (Å²) in [6, 6.07) is 7.39. The molecule has 1 aromatic heterocycles. The van der Waals surface area contributed by atoms with E-state index in [4.69, 9.17) is 4.74 Å². The Morgan fingerprint density at radius 3 is 2.54 bits per heavy atom. The van der Waals surface area contributed by atoms with Gasteiger partial charge in [-0.05, 0) is 49.4 Å². The van der Waals surface area contributed by atoms with Crippen molar-refractivity contribution in [1.29, 1.82) is 0 Å². The van der Waals surface area contributed by atoms with Crippen molar-refractivity contribution in [2.24, 2.45) is 5.10 Å². The van der Waals surface area contributed by atoms with Crippen LogP contribution >= 0.6 is 27.3 Å². The normalized spacial score (nSPS) is 13.0. The molecular weight excluding hydrogens is 446 g/mol. The van der Waals surface area contributed by atoms with Gasteiger partial charge < -0.3 is 10.1 Å². The number of benzene rings is 1. The highest BCUT2D eigenvalue weighted by atomic mass is 79.9. The Balaban J connectivity index is 1.70. The number of hydrogen-bond donors (Lipinski definition) is 2. The summed E-state index contributed by atoms with van der Waals surface area (Å²) in [7, 11) is 1.29. The highest BCUT2D eigenvalue weighted by molar-refractivity contribution is 9.10. The summed E-state index contributed by atoms with van der Waals surface area (Å²) in [5.74, 6) is -2.32. The molecule has 0 unspecified atom stereocenters. The molecule has 2 aromatic rings. The van der Waals surface area contributed by atoms with E-state index in [9.17, 15) is 14.4 Å². The van der Waals surface area contributed by atoms with Crippen LogP contribution in [-0.4, -0.2) is 30.6 Å². The number of fused-ring (bicyclic) bond motifs is 1. The van der Waals surface area contributed by atoms with Gasteiger partial charge >= 0.3 is 17.8 Å². The van der Waals surface area contributed by atoms with E-state index in [1.165, 1.54) is 18.4 Å². The largest absolute Gasteiger partial charge is 0.465 e. The van der Waals surface area contributed by atoms with Crippen molar-refractivity contribution < 1.29 is 19.1 Å². The summed E-state index contributed by atoms with van der Waals surface area (Å²) in [5.41, 5.74) is 4.85. The van der Waals surface area contributed by atoms with E-state index in [0.717, 1.165) is 39.7 Å². The fourth-order valence-electron chi connectivity index (χ4n) is 2.91. The molecule has 28 heavy (non-hydrogen) atoms. The van der Waals surface area contributed by atoms with Crippen LogP contribution in [0.5, 0.6) is 0 Å². The molecule has 0 aliphatic heterocycles. The number of hydrazone groups is 1. The Morgan fingerprint density at radius 2 is 1.86 bits per heavy atom. The molecule has 0 saturated heterocycles. The zero-order valence-electron chi connectivity index (χ0n) is 15.3. The van der Waals surface area contributed by atoms with Crippen molar-refractivity contribution in [3.63, 3.8) is 0 Å². The van der Waals surface area contributed by atoms with Gasteiger partial charge in [-0.2, -0.15) is 5.10 Å². The number of carbonyl (C=O) groups excluding carboxylic acids is 3. The maximum atomic E-state index is 12.3. The second kappa shape index (κ2) is 8.66. The molecule has 0 saturated carbocycles. The minimum Gasteiger partial charge on any atom is -0.465 e. The summed E-state index contributed by atoms with van der Waals surface area (Å²) < 4.78 is 5.76. The molecule has 146 valence electrons. The molecule has 0 bridgehead atoms. The van der Waals surface area contributed by atoms with Crippen LogP contribution in [0.4, 0.5) is 5.00 Å². The summed E-state index contributed by atoms with van der Waals surface area (Å²) in [6.07, 6.45) is 2.57. The predicted molar refractivity (Wildman–Crippen MR) is 111 cm³/mol. The summed E-state index contributed by atoms with van der Waals surface area (Å²) in [6.45, 7) is 1.72. The molecule has 9 heteroatoms. The number of amides is 2. The minimum absolute atomic E-state index is 0.338. The SMILES string of the molecule is COC(=O)c1c(NC(=O)C(=O)NN=C(C)c2ccc(Br)cc2)sc2c1CCC2. The van der Waals surface area contributed by atoms with Gasteiger partial charge in [-0.3, -0.25) is 9.59 Å². The van der Waals surface area contributed by atoms with Crippen LogP contribution in [0.1, 0.15) is 39.7 Å². The topological polar surface area (TPSA) is 96.9 Å². The molecule has 2 N–H and O–H groups in total. The number of carbonyl (C=O) groups is 3. The van der Waals surface area contributed by atoms with Gasteiger partial charge in [-0.25, -0.2) is 10.2 Å². The van der Waals surface area contributed by atoms with Crippen LogP contribution in [-0.2, 0) is 27.2 Å². The van der Waals surface area contributed by atoms with Crippen LogP contribution in [0.3, 0.4) is 0 Å². The van der Waals surface area contributed by atoms with Gasteiger partial charge in [0, 0.05) is 9.35 Å². The van der Waals surface area contributed by atoms with Gasteiger partial charge in [-0.1, -0.05) is 28.1 Å². The third kappa shape index (κ3) is 4.31. The zero-order chi connectivity index (χ0) is 20.3. The number of hydrogen-bond acceptors (Lipinski definition) is 6. The van der Waals surface area contributed by atoms with Gasteiger partial charge in [0.2, 0.25) is 0 Å². The van der Waals surface area contributed by atoms with Crippen molar-refractivity contribution >= 4 is 55.8 Å². The van der Waals surface area contributed by atoms with Gasteiger partial charge in [0.1, 0.15) is 5.00 Å². The van der Waals surface area contributed by atoms with Crippen LogP contribution in [0.15, 0.2) is 33.8 Å². The Labute approximate surface area is 174 Å². The van der Waals surface area contributed by atoms with E-state index in [0.29, 0.717) is 16.3 Å².